The summed E-state index contributed by atoms with van der Waals surface area (Å²) in [6.45, 7) is 15.4. The molecule has 2 atom stereocenters. The van der Waals surface area contributed by atoms with Crippen LogP contribution < -0.4 is 14.4 Å². The van der Waals surface area contributed by atoms with Gasteiger partial charge in [-0.2, -0.15) is 0 Å². The van der Waals surface area contributed by atoms with E-state index in [0.29, 0.717) is 13.0 Å². The van der Waals surface area contributed by atoms with E-state index < -0.39 is 40.8 Å². The number of fused-ring (bicyclic) bond motifs is 2. The number of nitrogens with zero attached hydrogens (tertiary/aromatic N) is 4. The van der Waals surface area contributed by atoms with Crippen molar-refractivity contribution in [3.05, 3.63) is 34.6 Å². The van der Waals surface area contributed by atoms with Crippen molar-refractivity contribution in [2.75, 3.05) is 44.8 Å². The predicted molar refractivity (Wildman–Crippen MR) is 176 cm³/mol. The van der Waals surface area contributed by atoms with Crippen LogP contribution in [0, 0.1) is 5.82 Å². The van der Waals surface area contributed by atoms with Crippen molar-refractivity contribution in [2.24, 2.45) is 0 Å². The molecule has 12 nitrogen and oxygen atoms in total. The molecule has 0 N–H and O–H groups in total. The number of amides is 2. The summed E-state index contributed by atoms with van der Waals surface area (Å²) in [5.74, 6) is -1.09. The average Bonchev–Trinajstić information content (AvgIpc) is 3.19. The van der Waals surface area contributed by atoms with Crippen molar-refractivity contribution >= 4 is 35.6 Å². The Bertz CT molecular complexity index is 1600. The molecule has 1 aromatic heterocycles. The summed E-state index contributed by atoms with van der Waals surface area (Å²) in [6, 6.07) is 3.46. The highest BCUT2D eigenvalue weighted by atomic mass is 35.5. The van der Waals surface area contributed by atoms with Gasteiger partial charge in [-0.05, 0) is 73.9 Å². The van der Waals surface area contributed by atoms with Gasteiger partial charge in [0.05, 0.1) is 17.7 Å². The third-order valence-electron chi connectivity index (χ3n) is 8.33. The van der Waals surface area contributed by atoms with Crippen LogP contribution in [-0.4, -0.2) is 102 Å². The van der Waals surface area contributed by atoms with Crippen molar-refractivity contribution in [1.29, 1.82) is 0 Å². The Morgan fingerprint density at radius 3 is 2.35 bits per heavy atom. The standard InChI is InChI=1S/C34H44ClFN4O8/c1-32(2,3)47-30(42)38-13-14-39-19(16-38)18-45-27-24(29(39)41)28(40-17-20(44-9)15-34(40,7)8)37-26(25(27)35)23-21(36)11-10-12-22(23)46-31(43)48-33(4,5)6/h10-12,19-20H,13-18H2,1-9H3. The SMILES string of the molecule is COC1CN(c2nc(-c3c(F)cccc3OC(=O)OC(C)(C)C)c(Cl)c3c2C(=O)N2CCN(C(=O)OC(C)(C)C)CC2CO3)C(C)(C)C1. The molecule has 1 aromatic carbocycles. The lowest BCUT2D eigenvalue weighted by atomic mass is 9.99. The Hall–Kier alpha value is -3.84. The fourth-order valence-corrected chi connectivity index (χ4v) is 6.48. The zero-order chi connectivity index (χ0) is 35.3. The van der Waals surface area contributed by atoms with Crippen LogP contribution >= 0.6 is 11.6 Å². The second-order valence-electron chi connectivity index (χ2n) is 14.9. The quantitative estimate of drug-likeness (QED) is 0.267. The molecule has 2 amide bonds. The zero-order valence-electron chi connectivity index (χ0n) is 28.9. The first-order chi connectivity index (χ1) is 22.3. The lowest BCUT2D eigenvalue weighted by molar-refractivity contribution is 0.000933. The molecule has 0 aliphatic carbocycles. The Kier molecular flexibility index (Phi) is 9.52. The fraction of sp³-hybridized carbons (Fsp3) is 0.588. The Morgan fingerprint density at radius 2 is 1.73 bits per heavy atom. The van der Waals surface area contributed by atoms with Crippen LogP contribution in [0.2, 0.25) is 5.02 Å². The van der Waals surface area contributed by atoms with Crippen LogP contribution in [0.4, 0.5) is 19.8 Å². The van der Waals surface area contributed by atoms with Crippen LogP contribution in [0.25, 0.3) is 11.3 Å². The van der Waals surface area contributed by atoms with E-state index in [1.165, 1.54) is 18.2 Å². The number of pyridine rings is 1. The number of ether oxygens (including phenoxy) is 5. The molecule has 2 aromatic rings. The van der Waals surface area contributed by atoms with Gasteiger partial charge in [0.25, 0.3) is 5.91 Å². The average molecular weight is 691 g/mol. The Labute approximate surface area is 285 Å². The maximum Gasteiger partial charge on any atom is 0.514 e. The molecule has 0 spiro atoms. The number of carbonyl (C=O) groups excluding carboxylic acids is 3. The second kappa shape index (κ2) is 12.9. The number of rotatable bonds is 4. The minimum absolute atomic E-state index is 0.0106. The normalized spacial score (nSPS) is 20.8. The van der Waals surface area contributed by atoms with E-state index in [1.54, 1.807) is 58.5 Å². The molecule has 0 radical (unpaired) electrons. The minimum atomic E-state index is -1.04. The monoisotopic (exact) mass is 690 g/mol. The fourth-order valence-electron chi connectivity index (χ4n) is 6.19. The summed E-state index contributed by atoms with van der Waals surface area (Å²) >= 11 is 7.02. The van der Waals surface area contributed by atoms with Crippen molar-refractivity contribution in [2.45, 2.75) is 90.7 Å². The minimum Gasteiger partial charge on any atom is -0.489 e. The summed E-state index contributed by atoms with van der Waals surface area (Å²) in [6.07, 6.45) is -1.08. The van der Waals surface area contributed by atoms with Crippen LogP contribution in [0.5, 0.6) is 11.5 Å². The molecule has 3 aliphatic heterocycles. The van der Waals surface area contributed by atoms with E-state index in [9.17, 15) is 14.4 Å². The van der Waals surface area contributed by atoms with E-state index in [1.807, 2.05) is 18.7 Å². The number of hydrogen-bond acceptors (Lipinski definition) is 10. The summed E-state index contributed by atoms with van der Waals surface area (Å²) in [7, 11) is 1.62. The van der Waals surface area contributed by atoms with Gasteiger partial charge >= 0.3 is 12.2 Å². The summed E-state index contributed by atoms with van der Waals surface area (Å²) in [5, 5.41) is -0.134. The van der Waals surface area contributed by atoms with Gasteiger partial charge in [0.2, 0.25) is 0 Å². The summed E-state index contributed by atoms with van der Waals surface area (Å²) in [4.78, 5) is 50.2. The number of piperazine rings is 1. The van der Waals surface area contributed by atoms with Crippen LogP contribution in [0.15, 0.2) is 18.2 Å². The molecular formula is C34H44ClFN4O8. The third kappa shape index (κ3) is 7.26. The first-order valence-corrected chi connectivity index (χ1v) is 16.3. The molecule has 3 aliphatic rings. The molecule has 5 rings (SSSR count). The van der Waals surface area contributed by atoms with Gasteiger partial charge < -0.3 is 38.4 Å². The zero-order valence-corrected chi connectivity index (χ0v) is 29.7. The van der Waals surface area contributed by atoms with Gasteiger partial charge in [0, 0.05) is 38.8 Å². The topological polar surface area (TPSA) is 120 Å². The second-order valence-corrected chi connectivity index (χ2v) is 15.2. The highest BCUT2D eigenvalue weighted by Crippen LogP contribution is 2.48. The van der Waals surface area contributed by atoms with Gasteiger partial charge in [-0.15, -0.1) is 0 Å². The maximum atomic E-state index is 15.8. The van der Waals surface area contributed by atoms with Crippen molar-refractivity contribution in [1.82, 2.24) is 14.8 Å². The lowest BCUT2D eigenvalue weighted by Gasteiger charge is -2.40. The van der Waals surface area contributed by atoms with Crippen LogP contribution in [0.3, 0.4) is 0 Å². The number of carbonyl (C=O) groups is 3. The number of hydrogen-bond donors (Lipinski definition) is 0. The maximum absolute atomic E-state index is 15.8. The number of benzene rings is 1. The van der Waals surface area contributed by atoms with E-state index in [2.05, 4.69) is 0 Å². The van der Waals surface area contributed by atoms with Gasteiger partial charge in [-0.3, -0.25) is 4.79 Å². The van der Waals surface area contributed by atoms with E-state index >= 15 is 4.39 Å². The lowest BCUT2D eigenvalue weighted by Crippen LogP contribution is -2.58. The van der Waals surface area contributed by atoms with Gasteiger partial charge in [0.1, 0.15) is 51.5 Å². The molecule has 48 heavy (non-hydrogen) atoms. The number of halogens is 2. The van der Waals surface area contributed by atoms with Crippen LogP contribution in [-0.2, 0) is 14.2 Å². The summed E-state index contributed by atoms with van der Waals surface area (Å²) < 4.78 is 44.2. The number of aromatic nitrogens is 1. The molecule has 0 saturated carbocycles. The summed E-state index contributed by atoms with van der Waals surface area (Å²) in [5.41, 5.74) is -2.26. The molecule has 262 valence electrons. The first-order valence-electron chi connectivity index (χ1n) is 15.9. The number of methoxy groups -OCH3 is 1. The van der Waals surface area contributed by atoms with E-state index in [4.69, 9.17) is 40.3 Å². The van der Waals surface area contributed by atoms with E-state index in [0.717, 1.165) is 0 Å². The molecule has 4 heterocycles. The van der Waals surface area contributed by atoms with Gasteiger partial charge in [-0.1, -0.05) is 17.7 Å². The molecule has 14 heteroatoms. The molecule has 2 fully saturated rings. The largest absolute Gasteiger partial charge is 0.514 e. The van der Waals surface area contributed by atoms with Crippen molar-refractivity contribution in [3.63, 3.8) is 0 Å². The highest BCUT2D eigenvalue weighted by molar-refractivity contribution is 6.35. The Morgan fingerprint density at radius 1 is 1.04 bits per heavy atom. The molecule has 2 unspecified atom stereocenters. The van der Waals surface area contributed by atoms with Crippen LogP contribution in [0.1, 0.15) is 72.2 Å². The van der Waals surface area contributed by atoms with Gasteiger partial charge in [-0.25, -0.2) is 19.0 Å². The molecule has 0 bridgehead atoms. The van der Waals surface area contributed by atoms with Gasteiger partial charge in [0.15, 0.2) is 5.75 Å². The molecular weight excluding hydrogens is 647 g/mol. The van der Waals surface area contributed by atoms with Crippen molar-refractivity contribution < 1.29 is 42.5 Å². The third-order valence-corrected chi connectivity index (χ3v) is 8.68. The smallest absolute Gasteiger partial charge is 0.489 e. The van der Waals surface area contributed by atoms with E-state index in [-0.39, 0.29) is 77.4 Å². The molecule has 2 saturated heterocycles. The Balaban J connectivity index is 1.63. The highest BCUT2D eigenvalue weighted by Gasteiger charge is 2.46. The number of anilines is 1. The first kappa shape index (κ1) is 35.5. The van der Waals surface area contributed by atoms with Crippen molar-refractivity contribution in [3.8, 4) is 22.8 Å². The predicted octanol–water partition coefficient (Wildman–Crippen LogP) is 6.31.